The number of amides is 2. The van der Waals surface area contributed by atoms with Gasteiger partial charge in [-0.1, -0.05) is 17.7 Å². The van der Waals surface area contributed by atoms with E-state index in [-0.39, 0.29) is 12.2 Å². The standard InChI is InChI=1S/C17H17ClN2O4S/c1-10(16(22)11-4-6-12(18)7-5-11)24-15(21)9-13(20-17(19)23)14-3-2-8-25-14/h2-8,10,13H,9H2,1H3,(H3,19,20,23). The van der Waals surface area contributed by atoms with E-state index in [2.05, 4.69) is 5.32 Å². The largest absolute Gasteiger partial charge is 0.454 e. The van der Waals surface area contributed by atoms with Gasteiger partial charge < -0.3 is 15.8 Å². The van der Waals surface area contributed by atoms with E-state index in [0.29, 0.717) is 10.6 Å². The highest BCUT2D eigenvalue weighted by Gasteiger charge is 2.23. The average molecular weight is 381 g/mol. The maximum absolute atomic E-state index is 12.3. The third-order valence-corrected chi connectivity index (χ3v) is 4.62. The maximum atomic E-state index is 12.3. The Morgan fingerprint density at radius 2 is 1.92 bits per heavy atom. The fourth-order valence-electron chi connectivity index (χ4n) is 2.20. The first kappa shape index (κ1) is 19.0. The number of carbonyl (C=O) groups is 3. The summed E-state index contributed by atoms with van der Waals surface area (Å²) in [5.74, 6) is -0.942. The Bertz CT molecular complexity index is 747. The molecule has 0 saturated heterocycles. The lowest BCUT2D eigenvalue weighted by Gasteiger charge is -2.17. The molecular weight excluding hydrogens is 364 g/mol. The van der Waals surface area contributed by atoms with Gasteiger partial charge in [0.15, 0.2) is 6.10 Å². The minimum atomic E-state index is -0.953. The number of primary amides is 1. The van der Waals surface area contributed by atoms with Crippen LogP contribution in [0.5, 0.6) is 0 Å². The van der Waals surface area contributed by atoms with Crippen molar-refractivity contribution in [2.75, 3.05) is 0 Å². The van der Waals surface area contributed by atoms with Gasteiger partial charge in [-0.3, -0.25) is 9.59 Å². The Kier molecular flexibility index (Phi) is 6.55. The van der Waals surface area contributed by atoms with Gasteiger partial charge in [-0.2, -0.15) is 0 Å². The zero-order chi connectivity index (χ0) is 18.4. The van der Waals surface area contributed by atoms with Gasteiger partial charge in [-0.15, -0.1) is 11.3 Å². The first-order chi connectivity index (χ1) is 11.9. The highest BCUT2D eigenvalue weighted by Crippen LogP contribution is 2.23. The maximum Gasteiger partial charge on any atom is 0.312 e. The molecule has 8 heteroatoms. The molecular formula is C17H17ClN2O4S. The number of ether oxygens (including phenoxy) is 1. The molecule has 0 aliphatic rings. The minimum absolute atomic E-state index is 0.123. The second-order valence-corrected chi connectivity index (χ2v) is 6.70. The molecule has 25 heavy (non-hydrogen) atoms. The number of Topliss-reactive ketones (excluding diaryl/α,β-unsaturated/α-hetero) is 1. The molecule has 2 unspecified atom stereocenters. The molecule has 0 radical (unpaired) electrons. The molecule has 132 valence electrons. The van der Waals surface area contributed by atoms with E-state index in [1.807, 2.05) is 5.38 Å². The number of ketones is 1. The van der Waals surface area contributed by atoms with Gasteiger partial charge >= 0.3 is 12.0 Å². The number of esters is 1. The number of carbonyl (C=O) groups excluding carboxylic acids is 3. The van der Waals surface area contributed by atoms with E-state index >= 15 is 0 Å². The van der Waals surface area contributed by atoms with Crippen LogP contribution in [0.4, 0.5) is 4.79 Å². The van der Waals surface area contributed by atoms with Gasteiger partial charge in [0.1, 0.15) is 0 Å². The molecule has 2 aromatic rings. The van der Waals surface area contributed by atoms with Crippen LogP contribution in [0, 0.1) is 0 Å². The van der Waals surface area contributed by atoms with Crippen LogP contribution in [-0.2, 0) is 9.53 Å². The molecule has 2 rings (SSSR count). The van der Waals surface area contributed by atoms with Crippen molar-refractivity contribution >= 4 is 40.7 Å². The number of hydrogen-bond acceptors (Lipinski definition) is 5. The van der Waals surface area contributed by atoms with Gasteiger partial charge in [-0.25, -0.2) is 4.79 Å². The summed E-state index contributed by atoms with van der Waals surface area (Å²) >= 11 is 7.17. The van der Waals surface area contributed by atoms with E-state index in [0.717, 1.165) is 4.88 Å². The van der Waals surface area contributed by atoms with E-state index in [1.165, 1.54) is 18.3 Å². The van der Waals surface area contributed by atoms with Gasteiger partial charge in [0, 0.05) is 15.5 Å². The molecule has 1 aromatic heterocycles. The normalized spacial score (nSPS) is 12.9. The molecule has 2 atom stereocenters. The van der Waals surface area contributed by atoms with Gasteiger partial charge in [-0.05, 0) is 42.6 Å². The van der Waals surface area contributed by atoms with Crippen molar-refractivity contribution in [3.05, 3.63) is 57.2 Å². The van der Waals surface area contributed by atoms with Gasteiger partial charge in [0.05, 0.1) is 12.5 Å². The minimum Gasteiger partial charge on any atom is -0.454 e. The number of halogens is 1. The summed E-state index contributed by atoms with van der Waals surface area (Å²) in [5, 5.41) is 4.84. The average Bonchev–Trinajstić information content (AvgIpc) is 3.08. The lowest BCUT2D eigenvalue weighted by molar-refractivity contribution is -0.146. The van der Waals surface area contributed by atoms with Crippen molar-refractivity contribution in [2.24, 2.45) is 5.73 Å². The van der Waals surface area contributed by atoms with Crippen LogP contribution >= 0.6 is 22.9 Å². The number of nitrogens with one attached hydrogen (secondary N) is 1. The molecule has 0 aliphatic heterocycles. The SMILES string of the molecule is CC(OC(=O)CC(NC(N)=O)c1cccs1)C(=O)c1ccc(Cl)cc1. The summed E-state index contributed by atoms with van der Waals surface area (Å²) in [5.41, 5.74) is 5.55. The number of nitrogens with two attached hydrogens (primary N) is 1. The fourth-order valence-corrected chi connectivity index (χ4v) is 3.10. The third kappa shape index (κ3) is 5.58. The second-order valence-electron chi connectivity index (χ2n) is 5.28. The smallest absolute Gasteiger partial charge is 0.312 e. The van der Waals surface area contributed by atoms with Crippen LogP contribution < -0.4 is 11.1 Å². The van der Waals surface area contributed by atoms with Gasteiger partial charge in [0.2, 0.25) is 5.78 Å². The molecule has 1 heterocycles. The van der Waals surface area contributed by atoms with Crippen LogP contribution in [0.25, 0.3) is 0 Å². The summed E-state index contributed by atoms with van der Waals surface area (Å²) in [6.07, 6.45) is -1.08. The first-order valence-corrected chi connectivity index (χ1v) is 8.71. The molecule has 1 aromatic carbocycles. The van der Waals surface area contributed by atoms with Gasteiger partial charge in [0.25, 0.3) is 0 Å². The van der Waals surface area contributed by atoms with E-state index in [1.54, 1.807) is 36.4 Å². The molecule has 3 N–H and O–H groups in total. The molecule has 0 bridgehead atoms. The van der Waals surface area contributed by atoms with Crippen molar-refractivity contribution in [2.45, 2.75) is 25.5 Å². The van der Waals surface area contributed by atoms with Crippen LogP contribution in [0.3, 0.4) is 0 Å². The molecule has 0 spiro atoms. The molecule has 0 fully saturated rings. The Labute approximate surface area is 153 Å². The van der Waals surface area contributed by atoms with Crippen LogP contribution in [-0.4, -0.2) is 23.9 Å². The number of hydrogen-bond donors (Lipinski definition) is 2. The summed E-state index contributed by atoms with van der Waals surface area (Å²) in [4.78, 5) is 36.3. The number of urea groups is 1. The first-order valence-electron chi connectivity index (χ1n) is 7.45. The third-order valence-electron chi connectivity index (χ3n) is 3.38. The van der Waals surface area contributed by atoms with Crippen molar-refractivity contribution in [3.8, 4) is 0 Å². The zero-order valence-corrected chi connectivity index (χ0v) is 15.0. The van der Waals surface area contributed by atoms with Crippen LogP contribution in [0.2, 0.25) is 5.02 Å². The van der Waals surface area contributed by atoms with Crippen molar-refractivity contribution < 1.29 is 19.1 Å². The lowest BCUT2D eigenvalue weighted by atomic mass is 10.1. The summed E-state index contributed by atoms with van der Waals surface area (Å²) in [6, 6.07) is 8.56. The van der Waals surface area contributed by atoms with Crippen molar-refractivity contribution in [1.29, 1.82) is 0 Å². The Morgan fingerprint density at radius 1 is 1.24 bits per heavy atom. The second kappa shape index (κ2) is 8.64. The van der Waals surface area contributed by atoms with E-state index in [4.69, 9.17) is 22.1 Å². The monoisotopic (exact) mass is 380 g/mol. The Morgan fingerprint density at radius 3 is 2.48 bits per heavy atom. The molecule has 2 amide bonds. The predicted octanol–water partition coefficient (Wildman–Crippen LogP) is 3.32. The Balaban J connectivity index is 1.98. The number of rotatable bonds is 7. The number of benzene rings is 1. The topological polar surface area (TPSA) is 98.5 Å². The summed E-state index contributed by atoms with van der Waals surface area (Å²) < 4.78 is 5.20. The number of thiophene rings is 1. The quantitative estimate of drug-likeness (QED) is 0.568. The van der Waals surface area contributed by atoms with Crippen LogP contribution in [0.15, 0.2) is 41.8 Å². The molecule has 0 saturated carbocycles. The van der Waals surface area contributed by atoms with E-state index in [9.17, 15) is 14.4 Å². The van der Waals surface area contributed by atoms with Crippen LogP contribution in [0.1, 0.15) is 34.6 Å². The lowest BCUT2D eigenvalue weighted by Crippen LogP contribution is -2.35. The summed E-state index contributed by atoms with van der Waals surface area (Å²) in [6.45, 7) is 1.50. The van der Waals surface area contributed by atoms with E-state index < -0.39 is 24.1 Å². The van der Waals surface area contributed by atoms with Crippen molar-refractivity contribution in [3.63, 3.8) is 0 Å². The zero-order valence-electron chi connectivity index (χ0n) is 13.4. The highest BCUT2D eigenvalue weighted by molar-refractivity contribution is 7.10. The molecule has 0 aliphatic carbocycles. The predicted molar refractivity (Wildman–Crippen MR) is 95.7 cm³/mol. The Hall–Kier alpha value is -2.38. The van der Waals surface area contributed by atoms with Crippen molar-refractivity contribution in [1.82, 2.24) is 5.32 Å². The fraction of sp³-hybridized carbons (Fsp3) is 0.235. The molecule has 6 nitrogen and oxygen atoms in total. The summed E-state index contributed by atoms with van der Waals surface area (Å²) in [7, 11) is 0. The highest BCUT2D eigenvalue weighted by atomic mass is 35.5.